The first-order valence-electron chi connectivity index (χ1n) is 13.6. The van der Waals surface area contributed by atoms with E-state index in [1.54, 1.807) is 6.07 Å². The Labute approximate surface area is 238 Å². The summed E-state index contributed by atoms with van der Waals surface area (Å²) in [5.41, 5.74) is 14.2. The summed E-state index contributed by atoms with van der Waals surface area (Å²) in [7, 11) is 0. The molecule has 1 aliphatic heterocycles. The van der Waals surface area contributed by atoms with Crippen LogP contribution in [0.1, 0.15) is 58.2 Å². The Hall–Kier alpha value is -4.91. The van der Waals surface area contributed by atoms with Crippen molar-refractivity contribution in [3.8, 4) is 11.1 Å². The highest BCUT2D eigenvalue weighted by molar-refractivity contribution is 6.21. The summed E-state index contributed by atoms with van der Waals surface area (Å²) >= 11 is 0. The fraction of sp³-hybridized carbons (Fsp3) is 0.206. The van der Waals surface area contributed by atoms with Crippen molar-refractivity contribution >= 4 is 50.9 Å². The van der Waals surface area contributed by atoms with Crippen LogP contribution in [0.3, 0.4) is 0 Å². The molecule has 0 bridgehead atoms. The molecule has 0 spiro atoms. The number of fused-ring (bicyclic) bond motifs is 4. The fourth-order valence-corrected chi connectivity index (χ4v) is 5.66. The minimum atomic E-state index is -0.540. The van der Waals surface area contributed by atoms with Crippen molar-refractivity contribution in [2.75, 3.05) is 10.2 Å². The molecule has 0 atom stereocenters. The maximum atomic E-state index is 13.4. The number of aromatic amines is 1. The number of H-pyrrole nitrogens is 1. The van der Waals surface area contributed by atoms with Gasteiger partial charge in [-0.1, -0.05) is 62.7 Å². The normalized spacial score (nSPS) is 13.2. The molecule has 0 saturated heterocycles. The smallest absolute Gasteiger partial charge is 0.258 e. The maximum Gasteiger partial charge on any atom is 0.258 e. The number of rotatable bonds is 4. The molecule has 1 aromatic heterocycles. The quantitative estimate of drug-likeness (QED) is 0.230. The van der Waals surface area contributed by atoms with Crippen LogP contribution in [0.25, 0.3) is 32.9 Å². The van der Waals surface area contributed by atoms with Crippen LogP contribution in [0, 0.1) is 19.3 Å². The van der Waals surface area contributed by atoms with Crippen LogP contribution in [-0.2, 0) is 11.3 Å². The summed E-state index contributed by atoms with van der Waals surface area (Å²) in [5, 5.41) is 4.74. The minimum Gasteiger partial charge on any atom is -0.366 e. The van der Waals surface area contributed by atoms with Gasteiger partial charge in [0.25, 0.3) is 11.8 Å². The first-order valence-corrected chi connectivity index (χ1v) is 13.6. The molecule has 2 heterocycles. The van der Waals surface area contributed by atoms with Crippen molar-refractivity contribution in [2.24, 2.45) is 11.1 Å². The number of carbonyl (C=O) groups excluding carboxylic acids is 3. The van der Waals surface area contributed by atoms with Gasteiger partial charge in [-0.3, -0.25) is 14.4 Å². The number of nitrogens with zero attached hydrogens (tertiary/aromatic N) is 1. The van der Waals surface area contributed by atoms with Crippen molar-refractivity contribution in [3.05, 3.63) is 94.5 Å². The number of amides is 3. The molecule has 0 saturated carbocycles. The summed E-state index contributed by atoms with van der Waals surface area (Å²) in [6.07, 6.45) is 0. The van der Waals surface area contributed by atoms with Crippen LogP contribution in [-0.4, -0.2) is 22.7 Å². The molecule has 7 nitrogen and oxygen atoms in total. The van der Waals surface area contributed by atoms with Crippen LogP contribution in [0.2, 0.25) is 0 Å². The number of nitrogens with one attached hydrogen (secondary N) is 2. The molecule has 0 fully saturated rings. The summed E-state index contributed by atoms with van der Waals surface area (Å²) in [5.74, 6) is -0.627. The number of hydrogen-bond acceptors (Lipinski definition) is 3. The Balaban J connectivity index is 1.50. The first-order chi connectivity index (χ1) is 19.4. The number of aryl methyl sites for hydroxylation is 1. The Bertz CT molecular complexity index is 1930. The predicted molar refractivity (Wildman–Crippen MR) is 164 cm³/mol. The van der Waals surface area contributed by atoms with Crippen LogP contribution in [0.5, 0.6) is 0 Å². The molecule has 206 valence electrons. The number of carbonyl (C=O) groups is 3. The molecule has 4 aromatic carbocycles. The van der Waals surface area contributed by atoms with Crippen molar-refractivity contribution in [2.45, 2.75) is 41.2 Å². The minimum absolute atomic E-state index is 0.00454. The number of hydrogen-bond donors (Lipinski definition) is 3. The van der Waals surface area contributed by atoms with E-state index in [-0.39, 0.29) is 11.8 Å². The third-order valence-corrected chi connectivity index (χ3v) is 7.91. The predicted octanol–water partition coefficient (Wildman–Crippen LogP) is 6.85. The van der Waals surface area contributed by atoms with Crippen molar-refractivity contribution in [1.29, 1.82) is 0 Å². The molecule has 7 heteroatoms. The van der Waals surface area contributed by atoms with Crippen molar-refractivity contribution in [1.82, 2.24) is 4.98 Å². The molecule has 41 heavy (non-hydrogen) atoms. The Kier molecular flexibility index (Phi) is 5.99. The summed E-state index contributed by atoms with van der Waals surface area (Å²) in [6, 6.07) is 21.3. The van der Waals surface area contributed by atoms with Gasteiger partial charge in [0.2, 0.25) is 5.91 Å². The highest BCUT2D eigenvalue weighted by Crippen LogP contribution is 2.41. The molecule has 1 aliphatic rings. The summed E-state index contributed by atoms with van der Waals surface area (Å²) in [4.78, 5) is 43.7. The Morgan fingerprint density at radius 1 is 0.927 bits per heavy atom. The van der Waals surface area contributed by atoms with Gasteiger partial charge in [0.1, 0.15) is 0 Å². The SMILES string of the molecule is Cc1ccc2c(c1)C(=O)N(c1cccc(-c3ccc(C(N)=O)c4[nH]c5cc(NC(=O)C(C)(C)C)ccc5c34)c1C)C2. The van der Waals surface area contributed by atoms with E-state index < -0.39 is 11.3 Å². The zero-order valence-electron chi connectivity index (χ0n) is 23.8. The highest BCUT2D eigenvalue weighted by atomic mass is 16.2. The molecule has 0 unspecified atom stereocenters. The molecule has 3 amide bonds. The Morgan fingerprint density at radius 2 is 1.71 bits per heavy atom. The average Bonchev–Trinajstić information content (AvgIpc) is 3.45. The van der Waals surface area contributed by atoms with Crippen molar-refractivity contribution in [3.63, 3.8) is 0 Å². The molecule has 5 aromatic rings. The van der Waals surface area contributed by atoms with Gasteiger partial charge in [0.15, 0.2) is 0 Å². The van der Waals surface area contributed by atoms with Gasteiger partial charge in [-0.05, 0) is 66.4 Å². The third kappa shape index (κ3) is 4.34. The average molecular weight is 545 g/mol. The van der Waals surface area contributed by atoms with Gasteiger partial charge < -0.3 is 20.9 Å². The van der Waals surface area contributed by atoms with E-state index in [2.05, 4.69) is 10.3 Å². The molecular weight excluding hydrogens is 512 g/mol. The molecule has 4 N–H and O–H groups in total. The van der Waals surface area contributed by atoms with E-state index in [1.165, 1.54) is 0 Å². The highest BCUT2D eigenvalue weighted by Gasteiger charge is 2.30. The lowest BCUT2D eigenvalue weighted by Gasteiger charge is -2.21. The van der Waals surface area contributed by atoms with Crippen LogP contribution in [0.15, 0.2) is 66.7 Å². The van der Waals surface area contributed by atoms with E-state index in [0.29, 0.717) is 23.3 Å². The molecule has 6 rings (SSSR count). The largest absolute Gasteiger partial charge is 0.366 e. The second kappa shape index (κ2) is 9.34. The fourth-order valence-electron chi connectivity index (χ4n) is 5.66. The number of aromatic nitrogens is 1. The lowest BCUT2D eigenvalue weighted by atomic mass is 9.93. The van der Waals surface area contributed by atoms with Crippen molar-refractivity contribution < 1.29 is 14.4 Å². The first kappa shape index (κ1) is 26.3. The number of nitrogens with two attached hydrogens (primary N) is 1. The van der Waals surface area contributed by atoms with Gasteiger partial charge in [-0.25, -0.2) is 0 Å². The summed E-state index contributed by atoms with van der Waals surface area (Å²) < 4.78 is 0. The topological polar surface area (TPSA) is 108 Å². The van der Waals surface area contributed by atoms with E-state index in [1.807, 2.05) is 100 Å². The van der Waals surface area contributed by atoms with E-state index >= 15 is 0 Å². The van der Waals surface area contributed by atoms with Gasteiger partial charge in [-0.15, -0.1) is 0 Å². The van der Waals surface area contributed by atoms with Gasteiger partial charge in [0.05, 0.1) is 17.6 Å². The number of primary amides is 1. The third-order valence-electron chi connectivity index (χ3n) is 7.91. The van der Waals surface area contributed by atoms with Crippen LogP contribution < -0.4 is 16.0 Å². The van der Waals surface area contributed by atoms with E-state index in [0.717, 1.165) is 55.4 Å². The van der Waals surface area contributed by atoms with Gasteiger partial charge in [-0.2, -0.15) is 0 Å². The molecule has 0 aliphatic carbocycles. The van der Waals surface area contributed by atoms with Crippen LogP contribution >= 0.6 is 0 Å². The van der Waals surface area contributed by atoms with E-state index in [4.69, 9.17) is 5.73 Å². The zero-order valence-corrected chi connectivity index (χ0v) is 23.8. The van der Waals surface area contributed by atoms with E-state index in [9.17, 15) is 14.4 Å². The summed E-state index contributed by atoms with van der Waals surface area (Å²) in [6.45, 7) is 10.1. The van der Waals surface area contributed by atoms with Gasteiger partial charge >= 0.3 is 0 Å². The standard InChI is InChI=1S/C34H32N4O3/c1-18-9-10-20-17-38(32(40)26(20)15-18)28-8-6-7-22(19(28)2)23-13-14-25(31(35)39)30-29(23)24-12-11-21(16-27(24)37-30)36-33(41)34(3,4)5/h6-16,37H,17H2,1-5H3,(H2,35,39)(H,36,41). The lowest BCUT2D eigenvalue weighted by Crippen LogP contribution is -2.27. The number of anilines is 2. The zero-order chi connectivity index (χ0) is 29.2. The lowest BCUT2D eigenvalue weighted by molar-refractivity contribution is -0.123. The second-order valence-electron chi connectivity index (χ2n) is 11.9. The number of benzene rings is 4. The van der Waals surface area contributed by atoms with Crippen LogP contribution in [0.4, 0.5) is 11.4 Å². The molecule has 0 radical (unpaired) electrons. The monoisotopic (exact) mass is 544 g/mol. The second-order valence-corrected chi connectivity index (χ2v) is 11.9. The Morgan fingerprint density at radius 3 is 2.44 bits per heavy atom. The molecular formula is C34H32N4O3. The maximum absolute atomic E-state index is 13.4. The van der Waals surface area contributed by atoms with Gasteiger partial charge in [0, 0.05) is 38.6 Å².